The van der Waals surface area contributed by atoms with Gasteiger partial charge in [-0.3, -0.25) is 0 Å². The number of nitrogens with zero attached hydrogens (tertiary/aromatic N) is 1. The fraction of sp³-hybridized carbons (Fsp3) is 0.0417. The summed E-state index contributed by atoms with van der Waals surface area (Å²) < 4.78 is 17.4. The highest BCUT2D eigenvalue weighted by Crippen LogP contribution is 2.35. The van der Waals surface area contributed by atoms with Crippen molar-refractivity contribution in [3.05, 3.63) is 98.1 Å². The van der Waals surface area contributed by atoms with Crippen LogP contribution in [0.1, 0.15) is 21.5 Å². The molecule has 4 rings (SSSR count). The Labute approximate surface area is 200 Å². The molecule has 1 heterocycles. The van der Waals surface area contributed by atoms with E-state index in [2.05, 4.69) is 36.9 Å². The first-order valence-electron chi connectivity index (χ1n) is 9.38. The van der Waals surface area contributed by atoms with Crippen LogP contribution in [0, 0.1) is 0 Å². The second-order valence-electron chi connectivity index (χ2n) is 6.63. The standard InChI is InChI=1S/C24H15Br2NO5/c1-30-18-9-5-8-15(11-18)22-27-20(24(29)32-22)12-16-10-17(25)13-19(26)21(16)31-23(28)14-6-3-2-4-7-14/h2-13H,1H3/b20-12-. The van der Waals surface area contributed by atoms with Crippen LogP contribution in [0.2, 0.25) is 0 Å². The van der Waals surface area contributed by atoms with Crippen LogP contribution in [0.15, 0.2) is 86.4 Å². The van der Waals surface area contributed by atoms with Gasteiger partial charge in [-0.1, -0.05) is 40.2 Å². The molecular weight excluding hydrogens is 542 g/mol. The van der Waals surface area contributed by atoms with Crippen molar-refractivity contribution in [2.24, 2.45) is 4.99 Å². The average Bonchev–Trinajstić information content (AvgIpc) is 3.16. The van der Waals surface area contributed by atoms with Crippen molar-refractivity contribution in [1.82, 2.24) is 0 Å². The molecule has 0 fully saturated rings. The molecule has 0 N–H and O–H groups in total. The Kier molecular flexibility index (Phi) is 6.53. The molecule has 0 amide bonds. The molecule has 1 aliphatic rings. The van der Waals surface area contributed by atoms with E-state index in [-0.39, 0.29) is 17.3 Å². The minimum Gasteiger partial charge on any atom is -0.497 e. The number of methoxy groups -OCH3 is 1. The van der Waals surface area contributed by atoms with E-state index in [1.54, 1.807) is 67.8 Å². The van der Waals surface area contributed by atoms with Crippen molar-refractivity contribution in [1.29, 1.82) is 0 Å². The van der Waals surface area contributed by atoms with Gasteiger partial charge in [-0.2, -0.15) is 0 Å². The van der Waals surface area contributed by atoms with Gasteiger partial charge in [0.05, 0.1) is 17.1 Å². The molecule has 3 aromatic rings. The molecule has 0 atom stereocenters. The number of hydrogen-bond acceptors (Lipinski definition) is 6. The summed E-state index contributed by atoms with van der Waals surface area (Å²) in [6.07, 6.45) is 1.51. The molecule has 0 saturated carbocycles. The van der Waals surface area contributed by atoms with Gasteiger partial charge in [0.15, 0.2) is 11.4 Å². The van der Waals surface area contributed by atoms with Crippen LogP contribution in [0.5, 0.6) is 11.5 Å². The molecule has 0 saturated heterocycles. The van der Waals surface area contributed by atoms with Crippen LogP contribution >= 0.6 is 31.9 Å². The number of hydrogen-bond donors (Lipinski definition) is 0. The predicted octanol–water partition coefficient (Wildman–Crippen LogP) is 5.78. The van der Waals surface area contributed by atoms with Crippen molar-refractivity contribution in [2.75, 3.05) is 7.11 Å². The summed E-state index contributed by atoms with van der Waals surface area (Å²) in [4.78, 5) is 29.4. The monoisotopic (exact) mass is 555 g/mol. The van der Waals surface area contributed by atoms with E-state index in [1.165, 1.54) is 6.08 Å². The normalized spacial score (nSPS) is 14.2. The van der Waals surface area contributed by atoms with Crippen molar-refractivity contribution >= 4 is 55.8 Å². The topological polar surface area (TPSA) is 74.2 Å². The van der Waals surface area contributed by atoms with Gasteiger partial charge in [-0.05, 0) is 64.5 Å². The number of halogens is 2. The predicted molar refractivity (Wildman–Crippen MR) is 127 cm³/mol. The van der Waals surface area contributed by atoms with Crippen molar-refractivity contribution in [3.8, 4) is 11.5 Å². The van der Waals surface area contributed by atoms with Crippen LogP contribution in [0.25, 0.3) is 6.08 Å². The minimum atomic E-state index is -0.612. The van der Waals surface area contributed by atoms with Crippen LogP contribution in [0.3, 0.4) is 0 Å². The van der Waals surface area contributed by atoms with Crippen LogP contribution < -0.4 is 9.47 Å². The lowest BCUT2D eigenvalue weighted by Crippen LogP contribution is -2.10. The third-order valence-electron chi connectivity index (χ3n) is 4.47. The number of benzene rings is 3. The summed E-state index contributed by atoms with van der Waals surface area (Å²) in [5, 5.41) is 0. The molecule has 0 aromatic heterocycles. The van der Waals surface area contributed by atoms with E-state index in [1.807, 2.05) is 6.07 Å². The Morgan fingerprint density at radius 2 is 1.81 bits per heavy atom. The minimum absolute atomic E-state index is 0.0739. The lowest BCUT2D eigenvalue weighted by atomic mass is 10.1. The zero-order chi connectivity index (χ0) is 22.7. The zero-order valence-corrected chi connectivity index (χ0v) is 19.8. The van der Waals surface area contributed by atoms with E-state index in [0.717, 1.165) is 4.47 Å². The van der Waals surface area contributed by atoms with Crippen LogP contribution in [0.4, 0.5) is 0 Å². The summed E-state index contributed by atoms with van der Waals surface area (Å²) >= 11 is 6.85. The van der Waals surface area contributed by atoms with Crippen molar-refractivity contribution in [3.63, 3.8) is 0 Å². The molecule has 8 heteroatoms. The number of esters is 2. The summed E-state index contributed by atoms with van der Waals surface area (Å²) in [6.45, 7) is 0. The van der Waals surface area contributed by atoms with Crippen molar-refractivity contribution < 1.29 is 23.8 Å². The SMILES string of the molecule is COc1cccc(C2=N/C(=C\c3cc(Br)cc(Br)c3OC(=O)c3ccccc3)C(=O)O2)c1. The van der Waals surface area contributed by atoms with E-state index in [0.29, 0.717) is 26.9 Å². The fourth-order valence-electron chi connectivity index (χ4n) is 2.96. The smallest absolute Gasteiger partial charge is 0.363 e. The lowest BCUT2D eigenvalue weighted by Gasteiger charge is -2.11. The first kappa shape index (κ1) is 22.0. The Balaban J connectivity index is 1.70. The molecule has 0 bridgehead atoms. The largest absolute Gasteiger partial charge is 0.497 e. The van der Waals surface area contributed by atoms with Gasteiger partial charge in [-0.25, -0.2) is 14.6 Å². The van der Waals surface area contributed by atoms with Gasteiger partial charge in [0.1, 0.15) is 5.75 Å². The number of rotatable bonds is 5. The second-order valence-corrected chi connectivity index (χ2v) is 8.40. The maximum Gasteiger partial charge on any atom is 0.363 e. The van der Waals surface area contributed by atoms with Gasteiger partial charge in [0, 0.05) is 15.6 Å². The first-order chi connectivity index (χ1) is 15.4. The van der Waals surface area contributed by atoms with Gasteiger partial charge in [-0.15, -0.1) is 0 Å². The Hall–Kier alpha value is -3.23. The molecule has 0 unspecified atom stereocenters. The molecule has 1 aliphatic heterocycles. The third-order valence-corrected chi connectivity index (χ3v) is 5.52. The molecule has 0 aliphatic carbocycles. The molecule has 32 heavy (non-hydrogen) atoms. The maximum atomic E-state index is 12.6. The van der Waals surface area contributed by atoms with E-state index in [9.17, 15) is 9.59 Å². The highest BCUT2D eigenvalue weighted by molar-refractivity contribution is 9.11. The highest BCUT2D eigenvalue weighted by Gasteiger charge is 2.25. The average molecular weight is 557 g/mol. The fourth-order valence-corrected chi connectivity index (χ4v) is 4.30. The summed E-state index contributed by atoms with van der Waals surface area (Å²) in [6, 6.07) is 19.1. The third kappa shape index (κ3) is 4.81. The molecule has 160 valence electrons. The van der Waals surface area contributed by atoms with Crippen LogP contribution in [-0.4, -0.2) is 24.9 Å². The van der Waals surface area contributed by atoms with E-state index >= 15 is 0 Å². The van der Waals surface area contributed by atoms with Gasteiger partial charge >= 0.3 is 11.9 Å². The van der Waals surface area contributed by atoms with Gasteiger partial charge < -0.3 is 14.2 Å². The number of ether oxygens (including phenoxy) is 3. The highest BCUT2D eigenvalue weighted by atomic mass is 79.9. The number of carbonyl (C=O) groups is 2. The quantitative estimate of drug-likeness (QED) is 0.226. The summed E-state index contributed by atoms with van der Waals surface area (Å²) in [7, 11) is 1.55. The molecule has 3 aromatic carbocycles. The number of aliphatic imine (C=N–C) groups is 1. The van der Waals surface area contributed by atoms with Crippen molar-refractivity contribution in [2.45, 2.75) is 0 Å². The first-order valence-corrected chi connectivity index (χ1v) is 11.0. The van der Waals surface area contributed by atoms with Gasteiger partial charge in [0.25, 0.3) is 0 Å². The molecule has 0 spiro atoms. The molecule has 0 radical (unpaired) electrons. The Morgan fingerprint density at radius 1 is 1.03 bits per heavy atom. The molecule has 6 nitrogen and oxygen atoms in total. The Morgan fingerprint density at radius 3 is 2.56 bits per heavy atom. The number of carbonyl (C=O) groups excluding carboxylic acids is 2. The van der Waals surface area contributed by atoms with E-state index < -0.39 is 11.9 Å². The summed E-state index contributed by atoms with van der Waals surface area (Å²) in [5.41, 5.74) is 1.55. The number of cyclic esters (lactones) is 1. The second kappa shape index (κ2) is 9.50. The van der Waals surface area contributed by atoms with Gasteiger partial charge in [0.2, 0.25) is 5.90 Å². The molecular formula is C24H15Br2NO5. The summed E-state index contributed by atoms with van der Waals surface area (Å²) in [5.74, 6) is -0.101. The Bertz CT molecular complexity index is 1270. The maximum absolute atomic E-state index is 12.6. The van der Waals surface area contributed by atoms with E-state index in [4.69, 9.17) is 14.2 Å². The van der Waals surface area contributed by atoms with Crippen LogP contribution in [-0.2, 0) is 9.53 Å². The lowest BCUT2D eigenvalue weighted by molar-refractivity contribution is -0.129. The zero-order valence-electron chi connectivity index (χ0n) is 16.7.